The van der Waals surface area contributed by atoms with Crippen molar-refractivity contribution in [3.05, 3.63) is 0 Å². The third kappa shape index (κ3) is 3.96. The van der Waals surface area contributed by atoms with E-state index in [9.17, 15) is 14.7 Å². The van der Waals surface area contributed by atoms with E-state index >= 15 is 0 Å². The van der Waals surface area contributed by atoms with E-state index in [2.05, 4.69) is 6.92 Å². The molecule has 5 heteroatoms. The molecule has 0 spiro atoms. The van der Waals surface area contributed by atoms with Crippen LogP contribution < -0.4 is 0 Å². The Morgan fingerprint density at radius 1 is 1.14 bits per heavy atom. The second-order valence-electron chi connectivity index (χ2n) is 6.57. The average Bonchev–Trinajstić information content (AvgIpc) is 2.92. The number of aliphatic carboxylic acids is 1. The van der Waals surface area contributed by atoms with E-state index in [0.29, 0.717) is 18.3 Å². The minimum absolute atomic E-state index is 0.0184. The van der Waals surface area contributed by atoms with Crippen molar-refractivity contribution < 1.29 is 19.4 Å². The van der Waals surface area contributed by atoms with Crippen molar-refractivity contribution in [2.45, 2.75) is 39.0 Å². The highest BCUT2D eigenvalue weighted by atomic mass is 16.5. The molecule has 1 saturated heterocycles. The fourth-order valence-corrected chi connectivity index (χ4v) is 3.71. The number of carbonyl (C=O) groups is 2. The van der Waals surface area contributed by atoms with Crippen LogP contribution in [0.1, 0.15) is 39.0 Å². The monoisotopic (exact) mass is 297 g/mol. The van der Waals surface area contributed by atoms with Crippen LogP contribution in [0.3, 0.4) is 0 Å². The summed E-state index contributed by atoms with van der Waals surface area (Å²) in [6.07, 6.45) is 4.31. The molecule has 21 heavy (non-hydrogen) atoms. The lowest BCUT2D eigenvalue weighted by atomic mass is 9.93. The van der Waals surface area contributed by atoms with Crippen LogP contribution in [0, 0.1) is 23.7 Å². The molecule has 5 nitrogen and oxygen atoms in total. The SMILES string of the molecule is CCC1C[C@H](C(=O)N(C)CC2CCOCC2)[C@H](C(=O)O)C1. The first kappa shape index (κ1) is 16.3. The van der Waals surface area contributed by atoms with Crippen LogP contribution >= 0.6 is 0 Å². The van der Waals surface area contributed by atoms with Crippen molar-refractivity contribution in [3.63, 3.8) is 0 Å². The number of hydrogen-bond donors (Lipinski definition) is 1. The molecule has 1 unspecified atom stereocenters. The predicted molar refractivity (Wildman–Crippen MR) is 78.8 cm³/mol. The molecule has 120 valence electrons. The van der Waals surface area contributed by atoms with Gasteiger partial charge in [0.15, 0.2) is 0 Å². The third-order valence-electron chi connectivity index (χ3n) is 5.12. The van der Waals surface area contributed by atoms with Gasteiger partial charge in [0.25, 0.3) is 0 Å². The Morgan fingerprint density at radius 3 is 2.33 bits per heavy atom. The van der Waals surface area contributed by atoms with E-state index in [1.807, 2.05) is 7.05 Å². The van der Waals surface area contributed by atoms with E-state index in [-0.39, 0.29) is 11.8 Å². The van der Waals surface area contributed by atoms with Crippen molar-refractivity contribution in [2.75, 3.05) is 26.8 Å². The zero-order chi connectivity index (χ0) is 15.4. The number of carbonyl (C=O) groups excluding carboxylic acids is 1. The molecule has 2 fully saturated rings. The van der Waals surface area contributed by atoms with Crippen LogP contribution in [0.25, 0.3) is 0 Å². The molecule has 0 radical (unpaired) electrons. The van der Waals surface area contributed by atoms with Crippen molar-refractivity contribution in [3.8, 4) is 0 Å². The number of hydrogen-bond acceptors (Lipinski definition) is 3. The van der Waals surface area contributed by atoms with E-state index in [1.54, 1.807) is 4.90 Å². The first-order valence-corrected chi connectivity index (χ1v) is 8.08. The Hall–Kier alpha value is -1.10. The molecule has 1 N–H and O–H groups in total. The molecular formula is C16H27NO4. The molecule has 2 aliphatic rings. The maximum absolute atomic E-state index is 12.6. The highest BCUT2D eigenvalue weighted by Crippen LogP contribution is 2.39. The molecule has 0 aromatic carbocycles. The number of nitrogens with zero attached hydrogens (tertiary/aromatic N) is 1. The average molecular weight is 297 g/mol. The van der Waals surface area contributed by atoms with Gasteiger partial charge in [-0.1, -0.05) is 13.3 Å². The Labute approximate surface area is 126 Å². The summed E-state index contributed by atoms with van der Waals surface area (Å²) in [5.74, 6) is -0.777. The molecule has 2 rings (SSSR count). The second kappa shape index (κ2) is 7.25. The molecule has 1 amide bonds. The molecule has 1 aliphatic heterocycles. The third-order valence-corrected chi connectivity index (χ3v) is 5.12. The fraction of sp³-hybridized carbons (Fsp3) is 0.875. The summed E-state index contributed by atoms with van der Waals surface area (Å²) in [5.41, 5.74) is 0. The van der Waals surface area contributed by atoms with Gasteiger partial charge >= 0.3 is 5.97 Å². The first-order chi connectivity index (χ1) is 10.0. The van der Waals surface area contributed by atoms with Gasteiger partial charge in [0, 0.05) is 26.8 Å². The van der Waals surface area contributed by atoms with Crippen molar-refractivity contribution in [1.29, 1.82) is 0 Å². The van der Waals surface area contributed by atoms with Gasteiger partial charge in [-0.3, -0.25) is 9.59 Å². The van der Waals surface area contributed by atoms with E-state index in [1.165, 1.54) is 0 Å². The molecule has 0 bridgehead atoms. The van der Waals surface area contributed by atoms with Gasteiger partial charge in [-0.15, -0.1) is 0 Å². The topological polar surface area (TPSA) is 66.8 Å². The summed E-state index contributed by atoms with van der Waals surface area (Å²) in [4.78, 5) is 25.8. The summed E-state index contributed by atoms with van der Waals surface area (Å²) in [6.45, 7) is 4.33. The lowest BCUT2D eigenvalue weighted by molar-refractivity contribution is -0.148. The summed E-state index contributed by atoms with van der Waals surface area (Å²) >= 11 is 0. The molecular weight excluding hydrogens is 270 g/mol. The Bertz CT molecular complexity index is 378. The quantitative estimate of drug-likeness (QED) is 0.843. The van der Waals surface area contributed by atoms with Crippen LogP contribution in [0.2, 0.25) is 0 Å². The van der Waals surface area contributed by atoms with Gasteiger partial charge in [-0.05, 0) is 37.5 Å². The van der Waals surface area contributed by atoms with Gasteiger partial charge in [0.1, 0.15) is 0 Å². The van der Waals surface area contributed by atoms with Crippen LogP contribution in [0.5, 0.6) is 0 Å². The summed E-state index contributed by atoms with van der Waals surface area (Å²) in [5, 5.41) is 9.36. The van der Waals surface area contributed by atoms with Crippen LogP contribution in [-0.4, -0.2) is 48.7 Å². The van der Waals surface area contributed by atoms with Crippen molar-refractivity contribution in [1.82, 2.24) is 4.90 Å². The maximum atomic E-state index is 12.6. The number of carboxylic acid groups (broad SMARTS) is 1. The zero-order valence-corrected chi connectivity index (χ0v) is 13.1. The second-order valence-corrected chi connectivity index (χ2v) is 6.57. The Morgan fingerprint density at radius 2 is 1.76 bits per heavy atom. The zero-order valence-electron chi connectivity index (χ0n) is 13.1. The van der Waals surface area contributed by atoms with Gasteiger partial charge in [-0.25, -0.2) is 0 Å². The van der Waals surface area contributed by atoms with Gasteiger partial charge in [0.2, 0.25) is 5.91 Å². The molecule has 3 atom stereocenters. The standard InChI is InChI=1S/C16H27NO4/c1-3-11-8-13(14(9-11)16(19)20)15(18)17(2)10-12-4-6-21-7-5-12/h11-14H,3-10H2,1-2H3,(H,19,20)/t11?,13-,14+/m0/s1. The highest BCUT2D eigenvalue weighted by molar-refractivity contribution is 5.85. The summed E-state index contributed by atoms with van der Waals surface area (Å²) in [6, 6.07) is 0. The fourth-order valence-electron chi connectivity index (χ4n) is 3.71. The normalized spacial score (nSPS) is 30.3. The molecule has 1 aliphatic carbocycles. The van der Waals surface area contributed by atoms with Crippen molar-refractivity contribution in [2.24, 2.45) is 23.7 Å². The Kier molecular flexibility index (Phi) is 5.62. The first-order valence-electron chi connectivity index (χ1n) is 8.08. The van der Waals surface area contributed by atoms with E-state index < -0.39 is 11.9 Å². The smallest absolute Gasteiger partial charge is 0.307 e. The van der Waals surface area contributed by atoms with Gasteiger partial charge < -0.3 is 14.7 Å². The summed E-state index contributed by atoms with van der Waals surface area (Å²) in [7, 11) is 1.82. The molecule has 0 aromatic heterocycles. The van der Waals surface area contributed by atoms with E-state index in [4.69, 9.17) is 4.74 Å². The number of ether oxygens (including phenoxy) is 1. The summed E-state index contributed by atoms with van der Waals surface area (Å²) < 4.78 is 5.34. The maximum Gasteiger partial charge on any atom is 0.307 e. The van der Waals surface area contributed by atoms with Crippen LogP contribution in [0.4, 0.5) is 0 Å². The number of amides is 1. The predicted octanol–water partition coefficient (Wildman–Crippen LogP) is 2.01. The lowest BCUT2D eigenvalue weighted by Crippen LogP contribution is -2.40. The van der Waals surface area contributed by atoms with Crippen LogP contribution in [-0.2, 0) is 14.3 Å². The highest BCUT2D eigenvalue weighted by Gasteiger charge is 2.43. The Balaban J connectivity index is 1.94. The minimum atomic E-state index is -0.816. The number of rotatable bonds is 5. The molecule has 0 aromatic rings. The molecule has 1 heterocycles. The minimum Gasteiger partial charge on any atom is -0.481 e. The molecule has 1 saturated carbocycles. The lowest BCUT2D eigenvalue weighted by Gasteiger charge is -2.29. The van der Waals surface area contributed by atoms with Crippen molar-refractivity contribution >= 4 is 11.9 Å². The largest absolute Gasteiger partial charge is 0.481 e. The number of carboxylic acids is 1. The van der Waals surface area contributed by atoms with E-state index in [0.717, 1.165) is 45.4 Å². The van der Waals surface area contributed by atoms with Gasteiger partial charge in [0.05, 0.1) is 11.8 Å². The van der Waals surface area contributed by atoms with Crippen LogP contribution in [0.15, 0.2) is 0 Å². The van der Waals surface area contributed by atoms with Gasteiger partial charge in [-0.2, -0.15) is 0 Å².